The number of amides is 1. The summed E-state index contributed by atoms with van der Waals surface area (Å²) in [5.41, 5.74) is 7.76. The van der Waals surface area contributed by atoms with Crippen LogP contribution < -0.4 is 0 Å². The van der Waals surface area contributed by atoms with Crippen molar-refractivity contribution >= 4 is 25.6 Å². The molecule has 7 heteroatoms. The summed E-state index contributed by atoms with van der Waals surface area (Å²) in [5.74, 6) is -0.629. The van der Waals surface area contributed by atoms with Gasteiger partial charge in [0.15, 0.2) is 0 Å². The molecule has 0 aliphatic heterocycles. The Balaban J connectivity index is 0.000000370. The zero-order valence-electron chi connectivity index (χ0n) is 11.2. The summed E-state index contributed by atoms with van der Waals surface area (Å²) < 4.78 is 21.6. The van der Waals surface area contributed by atoms with E-state index >= 15 is 0 Å². The molecule has 0 fully saturated rings. The van der Waals surface area contributed by atoms with E-state index in [1.165, 1.54) is 6.07 Å². The molecule has 0 heterocycles. The smallest absolute Gasteiger partial charge is 0.215 e. The van der Waals surface area contributed by atoms with Crippen LogP contribution in [0.2, 0.25) is 0 Å². The monoisotopic (exact) mass is 398 g/mol. The minimum atomic E-state index is -3.59. The molecule has 0 saturated heterocycles. The van der Waals surface area contributed by atoms with Gasteiger partial charge in [0.05, 0.1) is 5.91 Å². The third kappa shape index (κ3) is 7.18. The summed E-state index contributed by atoms with van der Waals surface area (Å²) in [6.07, 6.45) is 0. The molecule has 2 aromatic rings. The van der Waals surface area contributed by atoms with Gasteiger partial charge in [-0.2, -0.15) is 24.3 Å². The summed E-state index contributed by atoms with van der Waals surface area (Å²) in [6.45, 7) is 1.68. The first-order valence-corrected chi connectivity index (χ1v) is 7.85. The van der Waals surface area contributed by atoms with Gasteiger partial charge in [0, 0.05) is 43.4 Å². The van der Waals surface area contributed by atoms with Gasteiger partial charge in [-0.05, 0) is 10.5 Å². The molecule has 1 radical (unpaired) electrons. The van der Waals surface area contributed by atoms with Crippen LogP contribution in [-0.4, -0.2) is 14.3 Å². The number of benzene rings is 2. The van der Waals surface area contributed by atoms with Gasteiger partial charge in [0.1, 0.15) is 0 Å². The molecule has 0 bridgehead atoms. The van der Waals surface area contributed by atoms with Crippen molar-refractivity contribution in [2.75, 3.05) is 0 Å². The van der Waals surface area contributed by atoms with Crippen LogP contribution in [0.3, 0.4) is 0 Å². The third-order valence-corrected chi connectivity index (χ3v) is 3.80. The molecule has 0 saturated carbocycles. The normalized spacial score (nSPS) is 9.81. The van der Waals surface area contributed by atoms with E-state index in [-0.39, 0.29) is 37.6 Å². The number of carbonyl (C=O) groups excluding carboxylic acids is 1. The van der Waals surface area contributed by atoms with Gasteiger partial charge in [-0.25, -0.2) is 8.42 Å². The second-order valence-corrected chi connectivity index (χ2v) is 6.36. The Labute approximate surface area is 154 Å². The Kier molecular flexibility index (Phi) is 8.98. The summed E-state index contributed by atoms with van der Waals surface area (Å²) in [4.78, 5) is 10.4. The van der Waals surface area contributed by atoms with Crippen LogP contribution >= 0.6 is 10.7 Å². The van der Waals surface area contributed by atoms with Gasteiger partial charge in [-0.15, -0.1) is 5.56 Å². The third-order valence-electron chi connectivity index (χ3n) is 2.33. The zero-order chi connectivity index (χ0) is 15.2. The molecule has 0 unspecified atom stereocenters. The SMILES string of the molecule is Cc1cc[c-]cc1S(=O)(=O)Cl.[NH-]C(=O)c1ccccc1.[Y]. The van der Waals surface area contributed by atoms with Gasteiger partial charge >= 0.3 is 0 Å². The van der Waals surface area contributed by atoms with Crippen molar-refractivity contribution in [3.8, 4) is 0 Å². The van der Waals surface area contributed by atoms with Crippen LogP contribution in [0.1, 0.15) is 15.9 Å². The van der Waals surface area contributed by atoms with Gasteiger partial charge in [-0.3, -0.25) is 0 Å². The molecule has 21 heavy (non-hydrogen) atoms. The molecule has 0 aromatic heterocycles. The van der Waals surface area contributed by atoms with E-state index < -0.39 is 15.0 Å². The fraction of sp³-hybridized carbons (Fsp3) is 0.0714. The Morgan fingerprint density at radius 1 is 1.19 bits per heavy atom. The van der Waals surface area contributed by atoms with Gasteiger partial charge < -0.3 is 10.5 Å². The maximum absolute atomic E-state index is 10.8. The van der Waals surface area contributed by atoms with E-state index in [0.717, 1.165) is 0 Å². The van der Waals surface area contributed by atoms with E-state index in [2.05, 4.69) is 6.07 Å². The zero-order valence-corrected chi connectivity index (χ0v) is 15.6. The first kappa shape index (κ1) is 20.3. The van der Waals surface area contributed by atoms with Crippen molar-refractivity contribution in [3.63, 3.8) is 0 Å². The molecular weight excluding hydrogens is 387 g/mol. The van der Waals surface area contributed by atoms with Gasteiger partial charge in [-0.1, -0.05) is 37.3 Å². The van der Waals surface area contributed by atoms with E-state index in [4.69, 9.17) is 16.4 Å². The van der Waals surface area contributed by atoms with Crippen LogP contribution in [0.4, 0.5) is 0 Å². The second-order valence-electron chi connectivity index (χ2n) is 3.82. The van der Waals surface area contributed by atoms with E-state index in [1.54, 1.807) is 43.3 Å². The summed E-state index contributed by atoms with van der Waals surface area (Å²) in [5, 5.41) is 0. The first-order valence-electron chi connectivity index (χ1n) is 5.54. The molecule has 2 rings (SSSR count). The standard InChI is InChI=1S/C7H6ClO2S.C7H7NO.Y/c1-6-4-2-3-5-7(6)11(8,9)10;8-7(9)6-4-2-1-3-5-6;/h2,4-5H,1H3;1-5H,(H2,8,9);/q-1;;/p-1. The topological polar surface area (TPSA) is 75.0 Å². The average molecular weight is 399 g/mol. The quantitative estimate of drug-likeness (QED) is 0.573. The molecule has 0 atom stereocenters. The fourth-order valence-electron chi connectivity index (χ4n) is 1.35. The van der Waals surface area contributed by atoms with Crippen molar-refractivity contribution in [3.05, 3.63) is 71.5 Å². The van der Waals surface area contributed by atoms with Crippen molar-refractivity contribution in [2.24, 2.45) is 0 Å². The van der Waals surface area contributed by atoms with Crippen LogP contribution in [0, 0.1) is 13.0 Å². The molecule has 4 nitrogen and oxygen atoms in total. The number of halogens is 1. The summed E-state index contributed by atoms with van der Waals surface area (Å²) in [6, 6.07) is 15.8. The molecule has 0 spiro atoms. The van der Waals surface area contributed by atoms with Crippen LogP contribution in [0.25, 0.3) is 5.73 Å². The Morgan fingerprint density at radius 3 is 2.10 bits per heavy atom. The number of carbonyl (C=O) groups is 1. The molecule has 1 N–H and O–H groups in total. The van der Waals surface area contributed by atoms with Crippen molar-refractivity contribution in [1.29, 1.82) is 0 Å². The minimum absolute atomic E-state index is 0. The van der Waals surface area contributed by atoms with Crippen molar-refractivity contribution < 1.29 is 45.9 Å². The maximum atomic E-state index is 10.8. The van der Waals surface area contributed by atoms with Crippen LogP contribution in [0.15, 0.2) is 53.4 Å². The van der Waals surface area contributed by atoms with Gasteiger partial charge in [0.2, 0.25) is 9.05 Å². The van der Waals surface area contributed by atoms with Crippen LogP contribution in [-0.2, 0) is 41.8 Å². The summed E-state index contributed by atoms with van der Waals surface area (Å²) >= 11 is 0. The van der Waals surface area contributed by atoms with E-state index in [9.17, 15) is 13.2 Å². The largest absolute Gasteiger partial charge is 0.664 e. The average Bonchev–Trinajstić information content (AvgIpc) is 2.39. The predicted octanol–water partition coefficient (Wildman–Crippen LogP) is 3.60. The van der Waals surface area contributed by atoms with Crippen molar-refractivity contribution in [1.82, 2.24) is 0 Å². The van der Waals surface area contributed by atoms with Crippen molar-refractivity contribution in [2.45, 2.75) is 11.8 Å². The number of nitrogens with one attached hydrogen (secondary N) is 1. The number of rotatable bonds is 2. The first-order chi connectivity index (χ1) is 9.32. The van der Waals surface area contributed by atoms with Crippen LogP contribution in [0.5, 0.6) is 0 Å². The Bertz CT molecular complexity index is 690. The number of aryl methyl sites for hydroxylation is 1. The molecule has 2 aromatic carbocycles. The number of hydrogen-bond donors (Lipinski definition) is 0. The molecular formula is C14H12ClNO3SY-2. The Morgan fingerprint density at radius 2 is 1.76 bits per heavy atom. The second kappa shape index (κ2) is 9.31. The fourth-order valence-corrected chi connectivity index (χ4v) is 2.51. The summed E-state index contributed by atoms with van der Waals surface area (Å²) in [7, 11) is 1.52. The van der Waals surface area contributed by atoms with E-state index in [0.29, 0.717) is 11.1 Å². The minimum Gasteiger partial charge on any atom is -0.664 e. The molecule has 0 aliphatic carbocycles. The predicted molar refractivity (Wildman–Crippen MR) is 78.1 cm³/mol. The van der Waals surface area contributed by atoms with Gasteiger partial charge in [0.25, 0.3) is 0 Å². The Hall–Kier alpha value is -0.746. The van der Waals surface area contributed by atoms with E-state index in [1.807, 2.05) is 6.07 Å². The maximum Gasteiger partial charge on any atom is 0.215 e. The molecule has 0 aliphatic rings. The molecule has 109 valence electrons. The number of hydrogen-bond acceptors (Lipinski definition) is 3. The molecule has 1 amide bonds.